The zero-order valence-corrected chi connectivity index (χ0v) is 20.4. The molecular weight excluding hydrogens is 456 g/mol. The molecule has 6 rings (SSSR count). The number of rotatable bonds is 4. The van der Waals surface area contributed by atoms with Gasteiger partial charge in [0.2, 0.25) is 0 Å². The van der Waals surface area contributed by atoms with Gasteiger partial charge >= 0.3 is 5.63 Å². The predicted octanol–water partition coefficient (Wildman–Crippen LogP) is 5.89. The van der Waals surface area contributed by atoms with Crippen LogP contribution < -0.4 is 11.2 Å². The molecule has 0 saturated heterocycles. The van der Waals surface area contributed by atoms with Gasteiger partial charge in [0.25, 0.3) is 5.56 Å². The zero-order valence-electron chi connectivity index (χ0n) is 19.6. The van der Waals surface area contributed by atoms with Crippen LogP contribution in [0.25, 0.3) is 27.6 Å². The molecular formula is C29H24N2O3S. The molecule has 5 nitrogen and oxygen atoms in total. The van der Waals surface area contributed by atoms with Gasteiger partial charge in [-0.25, -0.2) is 9.78 Å². The topological polar surface area (TPSA) is 65.1 Å². The number of para-hydroxylation sites is 1. The summed E-state index contributed by atoms with van der Waals surface area (Å²) < 4.78 is 7.24. The number of fused-ring (bicyclic) bond motifs is 3. The van der Waals surface area contributed by atoms with Gasteiger partial charge in [-0.3, -0.25) is 9.36 Å². The lowest BCUT2D eigenvalue weighted by Crippen LogP contribution is -2.22. The molecule has 0 amide bonds. The van der Waals surface area contributed by atoms with Gasteiger partial charge in [0.1, 0.15) is 5.58 Å². The molecule has 2 aromatic heterocycles. The van der Waals surface area contributed by atoms with Crippen LogP contribution in [-0.4, -0.2) is 9.55 Å². The molecule has 0 N–H and O–H groups in total. The summed E-state index contributed by atoms with van der Waals surface area (Å²) in [7, 11) is 0. The first kappa shape index (κ1) is 21.9. The highest BCUT2D eigenvalue weighted by Crippen LogP contribution is 2.32. The van der Waals surface area contributed by atoms with E-state index in [0.29, 0.717) is 27.4 Å². The van der Waals surface area contributed by atoms with Crippen molar-refractivity contribution in [1.82, 2.24) is 9.55 Å². The molecule has 0 fully saturated rings. The van der Waals surface area contributed by atoms with Gasteiger partial charge in [-0.05, 0) is 85.7 Å². The molecule has 0 atom stereocenters. The van der Waals surface area contributed by atoms with Gasteiger partial charge in [0.05, 0.1) is 16.6 Å². The maximum absolute atomic E-state index is 13.6. The number of thioether (sulfide) groups is 1. The van der Waals surface area contributed by atoms with Crippen LogP contribution in [-0.2, 0) is 18.6 Å². The van der Waals surface area contributed by atoms with Crippen LogP contribution in [0.15, 0.2) is 79.8 Å². The molecule has 174 valence electrons. The molecule has 0 spiro atoms. The maximum atomic E-state index is 13.6. The van der Waals surface area contributed by atoms with Gasteiger partial charge in [-0.2, -0.15) is 0 Å². The smallest absolute Gasteiger partial charge is 0.336 e. The lowest BCUT2D eigenvalue weighted by Gasteiger charge is -2.16. The average Bonchev–Trinajstić information content (AvgIpc) is 3.29. The molecule has 0 unspecified atom stereocenters. The van der Waals surface area contributed by atoms with Crippen LogP contribution in [0.1, 0.15) is 34.2 Å². The summed E-state index contributed by atoms with van der Waals surface area (Å²) in [4.78, 5) is 30.9. The van der Waals surface area contributed by atoms with Crippen LogP contribution in [0.2, 0.25) is 0 Å². The lowest BCUT2D eigenvalue weighted by molar-refractivity contribution is 0.559. The average molecular weight is 481 g/mol. The summed E-state index contributed by atoms with van der Waals surface area (Å²) in [6.07, 6.45) is 3.20. The van der Waals surface area contributed by atoms with E-state index >= 15 is 0 Å². The molecule has 1 aliphatic rings. The van der Waals surface area contributed by atoms with Crippen LogP contribution >= 0.6 is 11.8 Å². The summed E-state index contributed by atoms with van der Waals surface area (Å²) in [6, 6.07) is 19.2. The number of aryl methyl sites for hydroxylation is 4. The Morgan fingerprint density at radius 3 is 2.57 bits per heavy atom. The minimum Gasteiger partial charge on any atom is -0.423 e. The van der Waals surface area contributed by atoms with Crippen molar-refractivity contribution in [2.75, 3.05) is 0 Å². The standard InChI is InChI=1S/C29H24N2O3S/c1-17-10-11-25(18(2)12-17)31-28(33)22-8-3-4-9-24(22)30-29(31)35-16-21-15-27(32)34-26-14-20-7-5-6-19(20)13-23(21)26/h3-4,8-15H,5-7,16H2,1-2H3. The quantitative estimate of drug-likeness (QED) is 0.182. The second kappa shape index (κ2) is 8.54. The molecule has 5 aromatic rings. The second-order valence-electron chi connectivity index (χ2n) is 9.19. The Labute approximate surface area is 206 Å². The normalized spacial score (nSPS) is 13.0. The molecule has 3 aromatic carbocycles. The first-order valence-electron chi connectivity index (χ1n) is 11.8. The van der Waals surface area contributed by atoms with Crippen molar-refractivity contribution >= 4 is 33.6 Å². The summed E-state index contributed by atoms with van der Waals surface area (Å²) >= 11 is 1.47. The van der Waals surface area contributed by atoms with Crippen molar-refractivity contribution in [2.45, 2.75) is 44.0 Å². The Morgan fingerprint density at radius 1 is 0.943 bits per heavy atom. The van der Waals surface area contributed by atoms with E-state index in [1.165, 1.54) is 22.9 Å². The van der Waals surface area contributed by atoms with Crippen molar-refractivity contribution in [3.63, 3.8) is 0 Å². The highest BCUT2D eigenvalue weighted by atomic mass is 32.2. The van der Waals surface area contributed by atoms with Crippen molar-refractivity contribution in [2.24, 2.45) is 0 Å². The molecule has 0 bridgehead atoms. The Bertz CT molecular complexity index is 1750. The third-order valence-corrected chi connectivity index (χ3v) is 7.72. The van der Waals surface area contributed by atoms with Crippen LogP contribution in [0.3, 0.4) is 0 Å². The third kappa shape index (κ3) is 3.88. The largest absolute Gasteiger partial charge is 0.423 e. The Hall–Kier alpha value is -3.64. The van der Waals surface area contributed by atoms with Crippen molar-refractivity contribution in [1.29, 1.82) is 0 Å². The van der Waals surface area contributed by atoms with E-state index in [2.05, 4.69) is 12.1 Å². The zero-order chi connectivity index (χ0) is 24.1. The number of hydrogen-bond acceptors (Lipinski definition) is 5. The molecule has 0 saturated carbocycles. The summed E-state index contributed by atoms with van der Waals surface area (Å²) in [5.74, 6) is 0.497. The van der Waals surface area contributed by atoms with Crippen LogP contribution in [0.5, 0.6) is 0 Å². The highest BCUT2D eigenvalue weighted by molar-refractivity contribution is 7.98. The fourth-order valence-electron chi connectivity index (χ4n) is 5.03. The maximum Gasteiger partial charge on any atom is 0.336 e. The van der Waals surface area contributed by atoms with Crippen molar-refractivity contribution in [3.05, 3.63) is 109 Å². The number of nitrogens with zero attached hydrogens (tertiary/aromatic N) is 2. The van der Waals surface area contributed by atoms with Gasteiger partial charge in [-0.15, -0.1) is 0 Å². The fraction of sp³-hybridized carbons (Fsp3) is 0.207. The van der Waals surface area contributed by atoms with E-state index < -0.39 is 0 Å². The van der Waals surface area contributed by atoms with E-state index in [-0.39, 0.29) is 11.2 Å². The second-order valence-corrected chi connectivity index (χ2v) is 10.1. The highest BCUT2D eigenvalue weighted by Gasteiger charge is 2.18. The number of benzene rings is 3. The van der Waals surface area contributed by atoms with E-state index in [4.69, 9.17) is 9.40 Å². The van der Waals surface area contributed by atoms with Gasteiger partial charge in [0, 0.05) is 17.2 Å². The summed E-state index contributed by atoms with van der Waals surface area (Å²) in [5, 5.41) is 2.14. The molecule has 6 heteroatoms. The van der Waals surface area contributed by atoms with Gasteiger partial charge in [-0.1, -0.05) is 41.6 Å². The van der Waals surface area contributed by atoms with E-state index in [0.717, 1.165) is 47.0 Å². The monoisotopic (exact) mass is 480 g/mol. The fourth-order valence-corrected chi connectivity index (χ4v) is 6.03. The number of hydrogen-bond donors (Lipinski definition) is 0. The first-order chi connectivity index (χ1) is 17.0. The SMILES string of the molecule is Cc1ccc(-n2c(SCc3cc(=O)oc4cc5c(cc34)CCC5)nc3ccccc3c2=O)c(C)c1. The summed E-state index contributed by atoms with van der Waals surface area (Å²) in [6.45, 7) is 4.05. The van der Waals surface area contributed by atoms with E-state index in [9.17, 15) is 9.59 Å². The van der Waals surface area contributed by atoms with Crippen molar-refractivity contribution < 1.29 is 4.42 Å². The Morgan fingerprint density at radius 2 is 1.74 bits per heavy atom. The number of aromatic nitrogens is 2. The van der Waals surface area contributed by atoms with Crippen LogP contribution in [0, 0.1) is 13.8 Å². The molecule has 1 aliphatic carbocycles. The van der Waals surface area contributed by atoms with Gasteiger partial charge in [0.15, 0.2) is 5.16 Å². The Balaban J connectivity index is 1.49. The third-order valence-electron chi connectivity index (χ3n) is 6.74. The van der Waals surface area contributed by atoms with Crippen LogP contribution in [0.4, 0.5) is 0 Å². The predicted molar refractivity (Wildman–Crippen MR) is 141 cm³/mol. The lowest BCUT2D eigenvalue weighted by atomic mass is 10.0. The van der Waals surface area contributed by atoms with E-state index in [1.807, 2.05) is 56.3 Å². The van der Waals surface area contributed by atoms with Gasteiger partial charge < -0.3 is 4.42 Å². The molecule has 2 heterocycles. The minimum atomic E-state index is -0.357. The molecule has 0 radical (unpaired) electrons. The Kier molecular flexibility index (Phi) is 5.33. The summed E-state index contributed by atoms with van der Waals surface area (Å²) in [5.41, 5.74) is 7.29. The van der Waals surface area contributed by atoms with E-state index in [1.54, 1.807) is 10.6 Å². The molecule has 0 aliphatic heterocycles. The minimum absolute atomic E-state index is 0.0969. The van der Waals surface area contributed by atoms with Crippen molar-refractivity contribution in [3.8, 4) is 5.69 Å². The first-order valence-corrected chi connectivity index (χ1v) is 12.8. The molecule has 35 heavy (non-hydrogen) atoms.